The number of thioether (sulfide) groups is 1. The highest BCUT2D eigenvalue weighted by Gasteiger charge is 2.42. The van der Waals surface area contributed by atoms with Crippen molar-refractivity contribution < 1.29 is 19.1 Å². The summed E-state index contributed by atoms with van der Waals surface area (Å²) >= 11 is 1.27. The van der Waals surface area contributed by atoms with Crippen molar-refractivity contribution in [1.82, 2.24) is 15.5 Å². The lowest BCUT2D eigenvalue weighted by atomic mass is 9.95. The number of aliphatic imine (C=N–C) groups is 2. The number of amides is 3. The van der Waals surface area contributed by atoms with E-state index in [4.69, 9.17) is 9.73 Å². The van der Waals surface area contributed by atoms with Crippen molar-refractivity contribution in [2.24, 2.45) is 9.98 Å². The van der Waals surface area contributed by atoms with Gasteiger partial charge in [0.15, 0.2) is 5.17 Å². The van der Waals surface area contributed by atoms with Crippen molar-refractivity contribution >= 4 is 46.2 Å². The Morgan fingerprint density at radius 3 is 2.55 bits per heavy atom. The number of nitrogens with one attached hydrogen (secondary N) is 2. The van der Waals surface area contributed by atoms with Crippen LogP contribution < -0.4 is 15.4 Å². The summed E-state index contributed by atoms with van der Waals surface area (Å²) in [7, 11) is 1.60. The molecule has 1 fully saturated rings. The van der Waals surface area contributed by atoms with E-state index in [1.54, 1.807) is 12.0 Å². The zero-order chi connectivity index (χ0) is 26.5. The van der Waals surface area contributed by atoms with E-state index in [1.807, 2.05) is 48.5 Å². The minimum absolute atomic E-state index is 0.0544. The average Bonchev–Trinajstić information content (AvgIpc) is 3.27. The molecule has 0 bridgehead atoms. The molecule has 1 unspecified atom stereocenters. The summed E-state index contributed by atoms with van der Waals surface area (Å²) in [6, 6.07) is 14.3. The quantitative estimate of drug-likeness (QED) is 0.537. The van der Waals surface area contributed by atoms with Crippen LogP contribution in [0.4, 0.5) is 5.69 Å². The minimum atomic E-state index is -0.818. The monoisotopic (exact) mass is 533 g/mol. The van der Waals surface area contributed by atoms with Crippen LogP contribution in [0.15, 0.2) is 58.5 Å². The molecule has 38 heavy (non-hydrogen) atoms. The zero-order valence-corrected chi connectivity index (χ0v) is 22.1. The Hall–Kier alpha value is -3.66. The SMILES string of the molecule is COc1ccc(CNC(=O)CC2C(=O)N=C3c4ccccc4N=C(SCC(=O)NC4CCCCC4)N32)cc1. The fraction of sp³-hybridized carbons (Fsp3) is 0.393. The Labute approximate surface area is 226 Å². The molecule has 1 saturated carbocycles. The van der Waals surface area contributed by atoms with Crippen molar-refractivity contribution in [2.45, 2.75) is 57.2 Å². The number of benzene rings is 2. The van der Waals surface area contributed by atoms with E-state index in [-0.39, 0.29) is 30.0 Å². The van der Waals surface area contributed by atoms with Crippen LogP contribution in [-0.2, 0) is 20.9 Å². The second-order valence-electron chi connectivity index (χ2n) is 9.59. The molecule has 10 heteroatoms. The third kappa shape index (κ3) is 5.91. The van der Waals surface area contributed by atoms with Crippen LogP contribution in [0.1, 0.15) is 49.7 Å². The maximum Gasteiger partial charge on any atom is 0.271 e. The van der Waals surface area contributed by atoms with E-state index in [0.29, 0.717) is 23.2 Å². The Kier molecular flexibility index (Phi) is 8.07. The van der Waals surface area contributed by atoms with Gasteiger partial charge in [-0.05, 0) is 42.7 Å². The lowest BCUT2D eigenvalue weighted by Crippen LogP contribution is -2.46. The first-order valence-electron chi connectivity index (χ1n) is 12.9. The Balaban J connectivity index is 1.27. The van der Waals surface area contributed by atoms with Gasteiger partial charge < -0.3 is 15.4 Å². The molecule has 1 aliphatic carbocycles. The summed E-state index contributed by atoms with van der Waals surface area (Å²) in [6.45, 7) is 0.331. The fourth-order valence-electron chi connectivity index (χ4n) is 4.94. The Morgan fingerprint density at radius 2 is 1.79 bits per heavy atom. The summed E-state index contributed by atoms with van der Waals surface area (Å²) in [6.07, 6.45) is 5.44. The molecule has 2 N–H and O–H groups in total. The lowest BCUT2D eigenvalue weighted by molar-refractivity contribution is -0.126. The summed E-state index contributed by atoms with van der Waals surface area (Å²) in [5.41, 5.74) is 2.34. The van der Waals surface area contributed by atoms with E-state index in [2.05, 4.69) is 15.6 Å². The van der Waals surface area contributed by atoms with E-state index in [9.17, 15) is 14.4 Å². The van der Waals surface area contributed by atoms with Crippen molar-refractivity contribution in [1.29, 1.82) is 0 Å². The highest BCUT2D eigenvalue weighted by Crippen LogP contribution is 2.35. The van der Waals surface area contributed by atoms with Gasteiger partial charge in [-0.25, -0.2) is 4.99 Å². The van der Waals surface area contributed by atoms with Crippen molar-refractivity contribution in [3.05, 3.63) is 59.7 Å². The van der Waals surface area contributed by atoms with Gasteiger partial charge in [0.2, 0.25) is 11.8 Å². The predicted molar refractivity (Wildman–Crippen MR) is 148 cm³/mol. The highest BCUT2D eigenvalue weighted by atomic mass is 32.2. The van der Waals surface area contributed by atoms with Gasteiger partial charge in [0.05, 0.1) is 25.0 Å². The third-order valence-corrected chi connectivity index (χ3v) is 7.89. The molecule has 2 heterocycles. The van der Waals surface area contributed by atoms with Crippen molar-refractivity contribution in [3.63, 3.8) is 0 Å². The second-order valence-corrected chi connectivity index (χ2v) is 10.5. The molecular weight excluding hydrogens is 502 g/mol. The molecule has 3 amide bonds. The smallest absolute Gasteiger partial charge is 0.271 e. The minimum Gasteiger partial charge on any atom is -0.497 e. The van der Waals surface area contributed by atoms with Crippen LogP contribution in [0, 0.1) is 0 Å². The number of hydrogen-bond acceptors (Lipinski definition) is 7. The van der Waals surface area contributed by atoms with E-state index >= 15 is 0 Å². The summed E-state index contributed by atoms with van der Waals surface area (Å²) < 4.78 is 5.17. The predicted octanol–water partition coefficient (Wildman–Crippen LogP) is 3.54. The second kappa shape index (κ2) is 11.8. The maximum atomic E-state index is 13.0. The number of carbonyl (C=O) groups is 3. The molecule has 2 aliphatic heterocycles. The molecule has 3 aliphatic rings. The van der Waals surface area contributed by atoms with Crippen molar-refractivity contribution in [2.75, 3.05) is 12.9 Å². The number of carbonyl (C=O) groups excluding carboxylic acids is 3. The number of fused-ring (bicyclic) bond motifs is 3. The molecule has 0 saturated heterocycles. The maximum absolute atomic E-state index is 13.0. The Morgan fingerprint density at radius 1 is 1.03 bits per heavy atom. The molecule has 0 radical (unpaired) electrons. The topological polar surface area (TPSA) is 112 Å². The molecule has 1 atom stereocenters. The number of para-hydroxylation sites is 1. The van der Waals surface area contributed by atoms with Gasteiger partial charge in [-0.1, -0.05) is 55.3 Å². The summed E-state index contributed by atoms with van der Waals surface area (Å²) in [4.78, 5) is 49.4. The first-order valence-corrected chi connectivity index (χ1v) is 13.9. The third-order valence-electron chi connectivity index (χ3n) is 6.94. The fourth-order valence-corrected chi connectivity index (χ4v) is 5.80. The number of ether oxygens (including phenoxy) is 1. The van der Waals surface area contributed by atoms with Crippen LogP contribution in [0.2, 0.25) is 0 Å². The van der Waals surface area contributed by atoms with E-state index in [0.717, 1.165) is 42.6 Å². The summed E-state index contributed by atoms with van der Waals surface area (Å²) in [5, 5.41) is 6.52. The number of rotatable bonds is 8. The highest BCUT2D eigenvalue weighted by molar-refractivity contribution is 8.14. The van der Waals surface area contributed by atoms with Gasteiger partial charge in [0, 0.05) is 18.2 Å². The molecule has 9 nitrogen and oxygen atoms in total. The number of amidine groups is 2. The summed E-state index contributed by atoms with van der Waals surface area (Å²) in [5.74, 6) is 0.671. The van der Waals surface area contributed by atoms with Crippen LogP contribution >= 0.6 is 11.8 Å². The van der Waals surface area contributed by atoms with E-state index < -0.39 is 11.9 Å². The standard InChI is InChI=1S/C28H31N5O4S/c1-37-20-13-11-18(12-14-20)16-29-24(34)15-23-27(36)32-26-21-9-5-6-10-22(21)31-28(33(23)26)38-17-25(35)30-19-7-3-2-4-8-19/h5-6,9-14,19,23H,2-4,7-8,15-17H2,1H3,(H,29,34)(H,30,35). The number of hydrogen-bond donors (Lipinski definition) is 2. The van der Waals surface area contributed by atoms with Gasteiger partial charge in [-0.2, -0.15) is 4.99 Å². The Bertz CT molecular complexity index is 1270. The molecule has 0 spiro atoms. The van der Waals surface area contributed by atoms with Gasteiger partial charge in [-0.15, -0.1) is 0 Å². The molecule has 0 aromatic heterocycles. The largest absolute Gasteiger partial charge is 0.497 e. The van der Waals surface area contributed by atoms with Crippen LogP contribution in [0.3, 0.4) is 0 Å². The van der Waals surface area contributed by atoms with Gasteiger partial charge in [0.25, 0.3) is 5.91 Å². The molecule has 5 rings (SSSR count). The molecule has 198 valence electrons. The number of methoxy groups -OCH3 is 1. The van der Waals surface area contributed by atoms with Crippen molar-refractivity contribution in [3.8, 4) is 5.75 Å². The first kappa shape index (κ1) is 26.0. The molecule has 2 aromatic rings. The van der Waals surface area contributed by atoms with E-state index in [1.165, 1.54) is 18.2 Å². The van der Waals surface area contributed by atoms with Crippen LogP contribution in [-0.4, -0.2) is 58.6 Å². The normalized spacial score (nSPS) is 18.7. The van der Waals surface area contributed by atoms with Gasteiger partial charge in [-0.3, -0.25) is 19.3 Å². The lowest BCUT2D eigenvalue weighted by Gasteiger charge is -2.31. The molecule has 2 aromatic carbocycles. The van der Waals surface area contributed by atoms with Gasteiger partial charge in [0.1, 0.15) is 17.6 Å². The number of nitrogens with zero attached hydrogens (tertiary/aromatic N) is 3. The van der Waals surface area contributed by atoms with Gasteiger partial charge >= 0.3 is 0 Å². The zero-order valence-electron chi connectivity index (χ0n) is 21.3. The van der Waals surface area contributed by atoms with Crippen LogP contribution in [0.5, 0.6) is 5.75 Å². The van der Waals surface area contributed by atoms with Crippen LogP contribution in [0.25, 0.3) is 0 Å². The first-order chi connectivity index (χ1) is 18.5. The average molecular weight is 534 g/mol. The molecular formula is C28H31N5O4S.